The van der Waals surface area contributed by atoms with E-state index in [-0.39, 0.29) is 26.2 Å². The van der Waals surface area contributed by atoms with Crippen LogP contribution in [-0.4, -0.2) is 37.4 Å². The van der Waals surface area contributed by atoms with E-state index in [1.54, 1.807) is 6.07 Å². The summed E-state index contributed by atoms with van der Waals surface area (Å²) >= 11 is 0. The number of carbonyl (C=O) groups excluding carboxylic acids is 4. The first-order valence-corrected chi connectivity index (χ1v) is 7.05. The Morgan fingerprint density at radius 3 is 1.79 bits per heavy atom. The van der Waals surface area contributed by atoms with E-state index in [9.17, 15) is 19.2 Å². The Labute approximate surface area is 137 Å². The number of hydrogen-bond donors (Lipinski definition) is 0. The molecule has 0 aliphatic rings. The largest absolute Gasteiger partial charge is 0.235 e. The van der Waals surface area contributed by atoms with Crippen molar-refractivity contribution in [1.82, 2.24) is 0 Å². The summed E-state index contributed by atoms with van der Waals surface area (Å²) in [7, 11) is 0. The van der Waals surface area contributed by atoms with E-state index >= 15 is 0 Å². The van der Waals surface area contributed by atoms with E-state index < -0.39 is 0 Å². The van der Waals surface area contributed by atoms with Crippen LogP contribution in [0.25, 0.3) is 0 Å². The standard InChI is InChI=1S/C16H14N4O4/c21-9-17-5-3-13-1-2-14(7-19-11-23)16(8-20-12-24)15(13)4-6-18-10-22/h1-2H,3-8H2. The molecule has 0 fully saturated rings. The third-order valence-corrected chi connectivity index (χ3v) is 3.34. The zero-order chi connectivity index (χ0) is 17.6. The third-order valence-electron chi connectivity index (χ3n) is 3.34. The molecule has 0 radical (unpaired) electrons. The van der Waals surface area contributed by atoms with Gasteiger partial charge < -0.3 is 0 Å². The molecule has 1 rings (SSSR count). The molecule has 0 spiro atoms. The summed E-state index contributed by atoms with van der Waals surface area (Å²) in [6.07, 6.45) is 6.78. The first-order valence-electron chi connectivity index (χ1n) is 7.05. The van der Waals surface area contributed by atoms with Gasteiger partial charge in [-0.3, -0.25) is 0 Å². The molecule has 0 heterocycles. The first-order chi connectivity index (χ1) is 11.8. The summed E-state index contributed by atoms with van der Waals surface area (Å²) in [5.41, 5.74) is 3.13. The SMILES string of the molecule is O=C=NCCc1ccc(CN=C=O)c(CN=C=O)c1CCN=C=O. The summed E-state index contributed by atoms with van der Waals surface area (Å²) in [6.45, 7) is 0.642. The van der Waals surface area contributed by atoms with Crippen molar-refractivity contribution >= 4 is 24.3 Å². The van der Waals surface area contributed by atoms with Gasteiger partial charge in [0.25, 0.3) is 0 Å². The lowest BCUT2D eigenvalue weighted by Gasteiger charge is -2.15. The molecule has 1 aromatic carbocycles. The van der Waals surface area contributed by atoms with Crippen LogP contribution in [0.5, 0.6) is 0 Å². The van der Waals surface area contributed by atoms with Crippen LogP contribution < -0.4 is 0 Å². The fourth-order valence-electron chi connectivity index (χ4n) is 2.34. The molecule has 1 aromatic rings. The monoisotopic (exact) mass is 326 g/mol. The van der Waals surface area contributed by atoms with Gasteiger partial charge in [-0.25, -0.2) is 39.1 Å². The van der Waals surface area contributed by atoms with Crippen LogP contribution in [-0.2, 0) is 45.1 Å². The quantitative estimate of drug-likeness (QED) is 0.473. The fraction of sp³-hybridized carbons (Fsp3) is 0.375. The lowest BCUT2D eigenvalue weighted by Crippen LogP contribution is -2.07. The Bertz CT molecular complexity index is 765. The number of benzene rings is 1. The van der Waals surface area contributed by atoms with E-state index in [1.165, 1.54) is 24.3 Å². The van der Waals surface area contributed by atoms with Crippen molar-refractivity contribution in [3.8, 4) is 0 Å². The highest BCUT2D eigenvalue weighted by Crippen LogP contribution is 2.23. The van der Waals surface area contributed by atoms with Crippen LogP contribution in [0.3, 0.4) is 0 Å². The topological polar surface area (TPSA) is 118 Å². The minimum Gasteiger partial charge on any atom is -0.211 e. The van der Waals surface area contributed by atoms with Crippen LogP contribution in [0.2, 0.25) is 0 Å². The van der Waals surface area contributed by atoms with Crippen molar-refractivity contribution in [2.45, 2.75) is 25.9 Å². The molecule has 0 atom stereocenters. The molecular formula is C16H14N4O4. The average molecular weight is 326 g/mol. The predicted octanol–water partition coefficient (Wildman–Crippen LogP) is 1.11. The maximum Gasteiger partial charge on any atom is 0.235 e. The second-order valence-electron chi connectivity index (χ2n) is 4.60. The highest BCUT2D eigenvalue weighted by molar-refractivity contribution is 5.45. The molecule has 0 aromatic heterocycles. The second-order valence-corrected chi connectivity index (χ2v) is 4.60. The molecule has 0 saturated carbocycles. The van der Waals surface area contributed by atoms with Crippen molar-refractivity contribution in [2.75, 3.05) is 13.1 Å². The zero-order valence-corrected chi connectivity index (χ0v) is 12.8. The molecule has 8 heteroatoms. The number of isocyanates is 4. The van der Waals surface area contributed by atoms with E-state index in [1.807, 2.05) is 6.07 Å². The Balaban J connectivity index is 3.34. The molecule has 24 heavy (non-hydrogen) atoms. The minimum atomic E-state index is 0.0676. The van der Waals surface area contributed by atoms with Gasteiger partial charge in [0.05, 0.1) is 26.2 Å². The van der Waals surface area contributed by atoms with Gasteiger partial charge >= 0.3 is 0 Å². The summed E-state index contributed by atoms with van der Waals surface area (Å²) in [6, 6.07) is 3.59. The summed E-state index contributed by atoms with van der Waals surface area (Å²) in [5.74, 6) is 0. The van der Waals surface area contributed by atoms with Gasteiger partial charge in [-0.15, -0.1) is 0 Å². The second kappa shape index (κ2) is 11.3. The van der Waals surface area contributed by atoms with Crippen molar-refractivity contribution in [1.29, 1.82) is 0 Å². The van der Waals surface area contributed by atoms with Crippen molar-refractivity contribution in [3.63, 3.8) is 0 Å². The Hall–Kier alpha value is -3.26. The fourth-order valence-corrected chi connectivity index (χ4v) is 2.34. The number of nitrogens with zero attached hydrogens (tertiary/aromatic N) is 4. The molecule has 0 bridgehead atoms. The Kier molecular flexibility index (Phi) is 8.87. The van der Waals surface area contributed by atoms with Crippen LogP contribution in [0.4, 0.5) is 0 Å². The molecule has 8 nitrogen and oxygen atoms in total. The smallest absolute Gasteiger partial charge is 0.211 e. The van der Waals surface area contributed by atoms with Crippen molar-refractivity contribution in [2.24, 2.45) is 20.0 Å². The highest BCUT2D eigenvalue weighted by Gasteiger charge is 2.13. The number of hydrogen-bond acceptors (Lipinski definition) is 8. The van der Waals surface area contributed by atoms with Crippen LogP contribution in [0, 0.1) is 0 Å². The van der Waals surface area contributed by atoms with Crippen molar-refractivity contribution < 1.29 is 19.2 Å². The molecule has 0 aliphatic carbocycles. The number of aliphatic imine (C=N–C) groups is 4. The molecular weight excluding hydrogens is 312 g/mol. The van der Waals surface area contributed by atoms with Gasteiger partial charge in [0, 0.05) is 0 Å². The molecule has 0 N–H and O–H groups in total. The van der Waals surface area contributed by atoms with Gasteiger partial charge in [-0.05, 0) is 35.1 Å². The van der Waals surface area contributed by atoms with Gasteiger partial charge in [-0.2, -0.15) is 0 Å². The van der Waals surface area contributed by atoms with E-state index in [4.69, 9.17) is 0 Å². The van der Waals surface area contributed by atoms with E-state index in [0.717, 1.165) is 11.1 Å². The normalized spacial score (nSPS) is 9.00. The zero-order valence-electron chi connectivity index (χ0n) is 12.8. The van der Waals surface area contributed by atoms with Crippen LogP contribution in [0.1, 0.15) is 22.3 Å². The highest BCUT2D eigenvalue weighted by atomic mass is 16.1. The van der Waals surface area contributed by atoms with Gasteiger partial charge in [0.2, 0.25) is 24.3 Å². The Morgan fingerprint density at radius 2 is 1.17 bits per heavy atom. The molecule has 0 amide bonds. The molecule has 122 valence electrons. The lowest BCUT2D eigenvalue weighted by molar-refractivity contribution is 0.561. The van der Waals surface area contributed by atoms with Gasteiger partial charge in [-0.1, -0.05) is 12.1 Å². The Morgan fingerprint density at radius 1 is 0.625 bits per heavy atom. The molecule has 0 saturated heterocycles. The summed E-state index contributed by atoms with van der Waals surface area (Å²) < 4.78 is 0. The molecule has 0 unspecified atom stereocenters. The minimum absolute atomic E-state index is 0.0676. The summed E-state index contributed by atoms with van der Waals surface area (Å²) in [5, 5.41) is 0. The van der Waals surface area contributed by atoms with Crippen LogP contribution in [0.15, 0.2) is 32.1 Å². The van der Waals surface area contributed by atoms with Gasteiger partial charge in [0.1, 0.15) is 0 Å². The van der Waals surface area contributed by atoms with Gasteiger partial charge in [0.15, 0.2) is 0 Å². The third kappa shape index (κ3) is 5.85. The first kappa shape index (κ1) is 18.8. The lowest BCUT2D eigenvalue weighted by atomic mass is 9.92. The summed E-state index contributed by atoms with van der Waals surface area (Å²) in [4.78, 5) is 55.5. The maximum atomic E-state index is 10.5. The molecule has 0 aliphatic heterocycles. The van der Waals surface area contributed by atoms with E-state index in [0.29, 0.717) is 24.0 Å². The average Bonchev–Trinajstić information content (AvgIpc) is 2.60. The van der Waals surface area contributed by atoms with Crippen LogP contribution >= 0.6 is 0 Å². The maximum absolute atomic E-state index is 10.5. The number of rotatable bonds is 10. The van der Waals surface area contributed by atoms with E-state index in [2.05, 4.69) is 20.0 Å². The van der Waals surface area contributed by atoms with Crippen molar-refractivity contribution in [3.05, 3.63) is 34.4 Å². The predicted molar refractivity (Wildman–Crippen MR) is 83.5 cm³/mol.